The Morgan fingerprint density at radius 2 is 2.00 bits per heavy atom. The molecule has 1 aliphatic heterocycles. The Kier molecular flexibility index (Phi) is 3.46. The van der Waals surface area contributed by atoms with Gasteiger partial charge in [-0.25, -0.2) is 0 Å². The molecule has 15 heavy (non-hydrogen) atoms. The van der Waals surface area contributed by atoms with E-state index in [4.69, 9.17) is 11.6 Å². The molecule has 1 aromatic rings. The molecule has 1 saturated heterocycles. The van der Waals surface area contributed by atoms with E-state index in [1.54, 1.807) is 0 Å². The summed E-state index contributed by atoms with van der Waals surface area (Å²) in [5.74, 6) is 2.52. The van der Waals surface area contributed by atoms with Crippen LogP contribution in [0.2, 0.25) is 5.15 Å². The molecule has 1 aliphatic rings. The zero-order chi connectivity index (χ0) is 10.8. The number of halogens is 1. The average molecular weight is 246 g/mol. The summed E-state index contributed by atoms with van der Waals surface area (Å²) in [6.07, 6.45) is 2.48. The van der Waals surface area contributed by atoms with Gasteiger partial charge in [0.2, 0.25) is 0 Å². The first kappa shape index (κ1) is 11.1. The Hall–Kier alpha value is -0.350. The number of piperidine rings is 1. The van der Waals surface area contributed by atoms with Crippen LogP contribution in [0, 0.1) is 11.8 Å². The Morgan fingerprint density at radius 3 is 2.47 bits per heavy atom. The summed E-state index contributed by atoms with van der Waals surface area (Å²) in [5, 5.41) is 0.558. The second kappa shape index (κ2) is 4.66. The summed E-state index contributed by atoms with van der Waals surface area (Å²) in [5.41, 5.74) is 0. The van der Waals surface area contributed by atoms with E-state index in [1.165, 1.54) is 24.6 Å². The molecule has 0 radical (unpaired) electrons. The van der Waals surface area contributed by atoms with E-state index in [2.05, 4.69) is 27.5 Å². The van der Waals surface area contributed by atoms with Gasteiger partial charge >= 0.3 is 0 Å². The van der Waals surface area contributed by atoms with Gasteiger partial charge in [0.05, 0.1) is 11.7 Å². The molecule has 1 aromatic heterocycles. The predicted octanol–water partition coefficient (Wildman–Crippen LogP) is 3.06. The molecule has 0 bridgehead atoms. The monoisotopic (exact) mass is 245 g/mol. The van der Waals surface area contributed by atoms with Gasteiger partial charge in [0, 0.05) is 13.1 Å². The number of hydrogen-bond donors (Lipinski definition) is 0. The van der Waals surface area contributed by atoms with E-state index in [-0.39, 0.29) is 0 Å². The molecule has 0 N–H and O–H groups in total. The highest BCUT2D eigenvalue weighted by Crippen LogP contribution is 2.30. The minimum Gasteiger partial charge on any atom is -0.353 e. The molecule has 2 heterocycles. The van der Waals surface area contributed by atoms with Crippen molar-refractivity contribution in [2.24, 2.45) is 11.8 Å². The molecule has 5 heteroatoms. The van der Waals surface area contributed by atoms with Crippen LogP contribution in [-0.2, 0) is 0 Å². The van der Waals surface area contributed by atoms with Crippen LogP contribution in [0.5, 0.6) is 0 Å². The minimum atomic E-state index is 0.558. The summed E-state index contributed by atoms with van der Waals surface area (Å²) >= 11 is 7.16. The SMILES string of the molecule is CC(C)C1CCN(c2nsnc2Cl)CC1. The lowest BCUT2D eigenvalue weighted by atomic mass is 9.87. The third kappa shape index (κ3) is 2.42. The largest absolute Gasteiger partial charge is 0.353 e. The van der Waals surface area contributed by atoms with Crippen molar-refractivity contribution in [3.63, 3.8) is 0 Å². The van der Waals surface area contributed by atoms with Crippen LogP contribution >= 0.6 is 23.3 Å². The first-order valence-electron chi connectivity index (χ1n) is 5.41. The van der Waals surface area contributed by atoms with Gasteiger partial charge < -0.3 is 4.90 Å². The number of nitrogens with zero attached hydrogens (tertiary/aromatic N) is 3. The van der Waals surface area contributed by atoms with E-state index in [9.17, 15) is 0 Å². The zero-order valence-electron chi connectivity index (χ0n) is 9.11. The van der Waals surface area contributed by atoms with Crippen molar-refractivity contribution in [3.8, 4) is 0 Å². The maximum absolute atomic E-state index is 5.97. The maximum Gasteiger partial charge on any atom is 0.187 e. The molecule has 0 atom stereocenters. The van der Waals surface area contributed by atoms with Crippen LogP contribution in [0.25, 0.3) is 0 Å². The van der Waals surface area contributed by atoms with Gasteiger partial charge in [-0.2, -0.15) is 8.75 Å². The molecular weight excluding hydrogens is 230 g/mol. The second-order valence-corrected chi connectivity index (χ2v) is 5.33. The van der Waals surface area contributed by atoms with Gasteiger partial charge in [-0.3, -0.25) is 0 Å². The summed E-state index contributed by atoms with van der Waals surface area (Å²) < 4.78 is 8.23. The molecule has 3 nitrogen and oxygen atoms in total. The Labute approximate surface area is 99.8 Å². The highest BCUT2D eigenvalue weighted by molar-refractivity contribution is 6.99. The third-order valence-electron chi connectivity index (χ3n) is 3.21. The molecule has 0 saturated carbocycles. The van der Waals surface area contributed by atoms with Crippen molar-refractivity contribution < 1.29 is 0 Å². The van der Waals surface area contributed by atoms with Crippen molar-refractivity contribution in [2.75, 3.05) is 18.0 Å². The minimum absolute atomic E-state index is 0.558. The lowest BCUT2D eigenvalue weighted by Gasteiger charge is -2.33. The predicted molar refractivity (Wildman–Crippen MR) is 64.7 cm³/mol. The summed E-state index contributed by atoms with van der Waals surface area (Å²) in [6, 6.07) is 0. The topological polar surface area (TPSA) is 29.0 Å². The highest BCUT2D eigenvalue weighted by Gasteiger charge is 2.24. The van der Waals surface area contributed by atoms with Crippen LogP contribution in [0.1, 0.15) is 26.7 Å². The highest BCUT2D eigenvalue weighted by atomic mass is 35.5. The fraction of sp³-hybridized carbons (Fsp3) is 0.800. The Bertz CT molecular complexity index is 318. The fourth-order valence-corrected chi connectivity index (χ4v) is 2.92. The summed E-state index contributed by atoms with van der Waals surface area (Å²) in [7, 11) is 0. The van der Waals surface area contributed by atoms with Gasteiger partial charge in [-0.1, -0.05) is 25.4 Å². The molecular formula is C10H16ClN3S. The fourth-order valence-electron chi connectivity index (χ4n) is 2.14. The van der Waals surface area contributed by atoms with Gasteiger partial charge in [-0.15, -0.1) is 0 Å². The molecule has 0 aliphatic carbocycles. The van der Waals surface area contributed by atoms with Gasteiger partial charge in [0.25, 0.3) is 0 Å². The molecule has 84 valence electrons. The number of anilines is 1. The quantitative estimate of drug-likeness (QED) is 0.802. The molecule has 1 fully saturated rings. The van der Waals surface area contributed by atoms with Crippen LogP contribution in [0.3, 0.4) is 0 Å². The van der Waals surface area contributed by atoms with E-state index in [0.717, 1.165) is 30.7 Å². The lowest BCUT2D eigenvalue weighted by molar-refractivity contribution is 0.311. The number of rotatable bonds is 2. The Morgan fingerprint density at radius 1 is 1.33 bits per heavy atom. The first-order valence-corrected chi connectivity index (χ1v) is 6.52. The van der Waals surface area contributed by atoms with Gasteiger partial charge in [0.1, 0.15) is 0 Å². The van der Waals surface area contributed by atoms with Crippen molar-refractivity contribution in [1.82, 2.24) is 8.75 Å². The molecule has 0 unspecified atom stereocenters. The van der Waals surface area contributed by atoms with E-state index < -0.39 is 0 Å². The third-order valence-corrected chi connectivity index (χ3v) is 4.09. The van der Waals surface area contributed by atoms with Crippen molar-refractivity contribution in [2.45, 2.75) is 26.7 Å². The van der Waals surface area contributed by atoms with E-state index >= 15 is 0 Å². The van der Waals surface area contributed by atoms with Gasteiger partial charge in [-0.05, 0) is 24.7 Å². The maximum atomic E-state index is 5.97. The van der Waals surface area contributed by atoms with Crippen LogP contribution in [0.4, 0.5) is 5.82 Å². The molecule has 2 rings (SSSR count). The average Bonchev–Trinajstić information content (AvgIpc) is 2.65. The van der Waals surface area contributed by atoms with Crippen molar-refractivity contribution >= 4 is 29.1 Å². The van der Waals surface area contributed by atoms with Crippen LogP contribution < -0.4 is 4.90 Å². The number of hydrogen-bond acceptors (Lipinski definition) is 4. The van der Waals surface area contributed by atoms with Gasteiger partial charge in [0.15, 0.2) is 11.0 Å². The molecule has 0 amide bonds. The Balaban J connectivity index is 1.97. The van der Waals surface area contributed by atoms with Crippen molar-refractivity contribution in [3.05, 3.63) is 5.15 Å². The normalized spacial score (nSPS) is 18.8. The smallest absolute Gasteiger partial charge is 0.187 e. The summed E-state index contributed by atoms with van der Waals surface area (Å²) in [4.78, 5) is 2.25. The zero-order valence-corrected chi connectivity index (χ0v) is 10.7. The first-order chi connectivity index (χ1) is 7.18. The van der Waals surface area contributed by atoms with Crippen LogP contribution in [0.15, 0.2) is 0 Å². The van der Waals surface area contributed by atoms with Crippen molar-refractivity contribution in [1.29, 1.82) is 0 Å². The standard InChI is InChI=1S/C10H16ClN3S/c1-7(2)8-3-5-14(6-4-8)10-9(11)12-15-13-10/h7-8H,3-6H2,1-2H3. The molecule has 0 aromatic carbocycles. The lowest BCUT2D eigenvalue weighted by Crippen LogP contribution is -2.35. The van der Waals surface area contributed by atoms with E-state index in [0.29, 0.717) is 5.15 Å². The van der Waals surface area contributed by atoms with E-state index in [1.807, 2.05) is 0 Å². The molecule has 0 spiro atoms. The van der Waals surface area contributed by atoms with Crippen LogP contribution in [-0.4, -0.2) is 21.8 Å². The summed E-state index contributed by atoms with van der Waals surface area (Å²) in [6.45, 7) is 6.73. The number of aromatic nitrogens is 2. The second-order valence-electron chi connectivity index (χ2n) is 4.45.